The maximum Gasteiger partial charge on any atom is 0.128 e. The highest BCUT2D eigenvalue weighted by molar-refractivity contribution is 5.87. The topological polar surface area (TPSA) is 35.0 Å². The smallest absolute Gasteiger partial charge is 0.128 e. The van der Waals surface area contributed by atoms with Crippen LogP contribution in [0.3, 0.4) is 0 Å². The Hall–Kier alpha value is -5.02. The van der Waals surface area contributed by atoms with E-state index in [4.69, 9.17) is 4.74 Å². The third-order valence-electron chi connectivity index (χ3n) is 6.71. The molecule has 6 rings (SSSR count). The third kappa shape index (κ3) is 5.94. The normalized spacial score (nSPS) is 11.6. The summed E-state index contributed by atoms with van der Waals surface area (Å²) >= 11 is 0. The molecule has 6 aromatic rings. The monoisotopic (exact) mass is 504 g/mol. The predicted molar refractivity (Wildman–Crippen MR) is 164 cm³/mol. The fraction of sp³-hybridized carbons (Fsp3) is 0.0556. The Morgan fingerprint density at radius 3 is 1.33 bits per heavy atom. The molecule has 2 heterocycles. The van der Waals surface area contributed by atoms with Crippen LogP contribution in [0.5, 0.6) is 11.5 Å². The van der Waals surface area contributed by atoms with Crippen LogP contribution >= 0.6 is 0 Å². The third-order valence-corrected chi connectivity index (χ3v) is 6.71. The van der Waals surface area contributed by atoms with Crippen molar-refractivity contribution in [3.63, 3.8) is 0 Å². The first-order valence-corrected chi connectivity index (χ1v) is 13.0. The Bertz CT molecular complexity index is 1700. The van der Waals surface area contributed by atoms with Gasteiger partial charge in [-0.15, -0.1) is 0 Å². The molecule has 0 radical (unpaired) electrons. The van der Waals surface area contributed by atoms with Gasteiger partial charge in [-0.05, 0) is 84.3 Å². The summed E-state index contributed by atoms with van der Waals surface area (Å²) < 4.78 is 6.20. The first kappa shape index (κ1) is 24.3. The summed E-state index contributed by atoms with van der Waals surface area (Å²) in [5.41, 5.74) is 6.67. The molecule has 0 N–H and O–H groups in total. The molecule has 0 amide bonds. The zero-order valence-electron chi connectivity index (χ0n) is 22.0. The lowest BCUT2D eigenvalue weighted by Crippen LogP contribution is -1.88. The fourth-order valence-corrected chi connectivity index (χ4v) is 4.44. The summed E-state index contributed by atoms with van der Waals surface area (Å²) in [6.07, 6.45) is 12.1. The maximum absolute atomic E-state index is 6.20. The van der Waals surface area contributed by atoms with Crippen molar-refractivity contribution in [1.82, 2.24) is 9.97 Å². The number of benzene rings is 4. The Morgan fingerprint density at radius 2 is 0.897 bits per heavy atom. The van der Waals surface area contributed by atoms with Crippen molar-refractivity contribution in [3.05, 3.63) is 143 Å². The number of nitrogens with zero attached hydrogens (tertiary/aromatic N) is 2. The summed E-state index contributed by atoms with van der Waals surface area (Å²) in [5.74, 6) is 1.55. The summed E-state index contributed by atoms with van der Waals surface area (Å²) in [4.78, 5) is 9.24. The molecule has 0 fully saturated rings. The number of ether oxygens (including phenoxy) is 1. The molecule has 4 aromatic carbocycles. The minimum Gasteiger partial charge on any atom is -0.457 e. The van der Waals surface area contributed by atoms with E-state index >= 15 is 0 Å². The molecule has 0 atom stereocenters. The minimum atomic E-state index is 0.775. The molecule has 0 spiro atoms. The number of hydrogen-bond acceptors (Lipinski definition) is 3. The minimum absolute atomic E-state index is 0.775. The van der Waals surface area contributed by atoms with Gasteiger partial charge in [0.1, 0.15) is 11.5 Å². The van der Waals surface area contributed by atoms with Crippen LogP contribution < -0.4 is 4.74 Å². The zero-order chi connectivity index (χ0) is 26.6. The van der Waals surface area contributed by atoms with Crippen LogP contribution in [-0.2, 0) is 0 Å². The van der Waals surface area contributed by atoms with Crippen LogP contribution in [0.15, 0.2) is 109 Å². The van der Waals surface area contributed by atoms with E-state index in [1.165, 1.54) is 11.1 Å². The van der Waals surface area contributed by atoms with Crippen molar-refractivity contribution in [1.29, 1.82) is 0 Å². The van der Waals surface area contributed by atoms with Crippen LogP contribution in [-0.4, -0.2) is 9.97 Å². The average Bonchev–Trinajstić information content (AvgIpc) is 2.96. The highest BCUT2D eigenvalue weighted by atomic mass is 16.5. The number of rotatable bonds is 6. The van der Waals surface area contributed by atoms with Gasteiger partial charge in [-0.25, -0.2) is 0 Å². The van der Waals surface area contributed by atoms with Gasteiger partial charge in [-0.2, -0.15) is 0 Å². The van der Waals surface area contributed by atoms with Crippen LogP contribution in [0.25, 0.3) is 45.8 Å². The van der Waals surface area contributed by atoms with E-state index in [1.54, 1.807) is 0 Å². The van der Waals surface area contributed by atoms with E-state index in [9.17, 15) is 0 Å². The predicted octanol–water partition coefficient (Wildman–Crippen LogP) is 9.53. The van der Waals surface area contributed by atoms with Gasteiger partial charge in [-0.3, -0.25) is 9.97 Å². The van der Waals surface area contributed by atoms with Gasteiger partial charge in [-0.1, -0.05) is 83.9 Å². The van der Waals surface area contributed by atoms with Gasteiger partial charge < -0.3 is 4.74 Å². The van der Waals surface area contributed by atoms with E-state index in [0.717, 1.165) is 55.6 Å². The molecule has 3 heteroatoms. The standard InChI is InChI=1S/C36H28N2O/c1-25-3-7-27(8-4-25)11-15-33-19-29-13-17-35(21-31(29)23-37-33)39-36-18-14-30-20-34(38-24-32(30)22-36)16-12-28-9-5-26(2)6-10-28/h3-24H,1-2H3. The first-order chi connectivity index (χ1) is 19.1. The molecular weight excluding hydrogens is 476 g/mol. The SMILES string of the molecule is Cc1ccc(C=Cc2cc3ccc(Oc4ccc5cc(C=Cc6ccc(C)cc6)ncc5c4)cc3cn2)cc1. The molecule has 0 aliphatic rings. The van der Waals surface area contributed by atoms with Crippen molar-refractivity contribution in [2.45, 2.75) is 13.8 Å². The van der Waals surface area contributed by atoms with Crippen LogP contribution in [0.2, 0.25) is 0 Å². The van der Waals surface area contributed by atoms with Crippen molar-refractivity contribution in [2.75, 3.05) is 0 Å². The van der Waals surface area contributed by atoms with E-state index in [0.29, 0.717) is 0 Å². The summed E-state index contributed by atoms with van der Waals surface area (Å²) in [7, 11) is 0. The zero-order valence-corrected chi connectivity index (χ0v) is 22.0. The molecule has 0 unspecified atom stereocenters. The molecule has 0 saturated heterocycles. The molecule has 0 aliphatic carbocycles. The van der Waals surface area contributed by atoms with Crippen LogP contribution in [0.4, 0.5) is 0 Å². The second-order valence-corrected chi connectivity index (χ2v) is 9.83. The molecule has 0 aliphatic heterocycles. The van der Waals surface area contributed by atoms with Crippen LogP contribution in [0, 0.1) is 13.8 Å². The van der Waals surface area contributed by atoms with E-state index in [2.05, 4.69) is 109 Å². The van der Waals surface area contributed by atoms with E-state index in [1.807, 2.05) is 48.8 Å². The average molecular weight is 505 g/mol. The van der Waals surface area contributed by atoms with Crippen molar-refractivity contribution in [2.24, 2.45) is 0 Å². The van der Waals surface area contributed by atoms with Crippen molar-refractivity contribution >= 4 is 45.8 Å². The Kier molecular flexibility index (Phi) is 6.71. The molecule has 0 bridgehead atoms. The quantitative estimate of drug-likeness (QED) is 0.226. The molecule has 3 nitrogen and oxygen atoms in total. The van der Waals surface area contributed by atoms with Crippen molar-refractivity contribution < 1.29 is 4.74 Å². The summed E-state index contributed by atoms with van der Waals surface area (Å²) in [6.45, 7) is 4.19. The number of aromatic nitrogens is 2. The van der Waals surface area contributed by atoms with Gasteiger partial charge in [0.2, 0.25) is 0 Å². The number of aryl methyl sites for hydroxylation is 2. The maximum atomic E-state index is 6.20. The Labute approximate surface area is 228 Å². The molecule has 0 saturated carbocycles. The molecule has 188 valence electrons. The van der Waals surface area contributed by atoms with Gasteiger partial charge in [0.15, 0.2) is 0 Å². The Morgan fingerprint density at radius 1 is 0.462 bits per heavy atom. The second kappa shape index (κ2) is 10.8. The number of pyridine rings is 2. The largest absolute Gasteiger partial charge is 0.457 e. The highest BCUT2D eigenvalue weighted by Crippen LogP contribution is 2.29. The number of hydrogen-bond donors (Lipinski definition) is 0. The fourth-order valence-electron chi connectivity index (χ4n) is 4.44. The van der Waals surface area contributed by atoms with Gasteiger partial charge in [0.05, 0.1) is 11.4 Å². The first-order valence-electron chi connectivity index (χ1n) is 13.0. The van der Waals surface area contributed by atoms with E-state index in [-0.39, 0.29) is 0 Å². The van der Waals surface area contributed by atoms with Crippen molar-refractivity contribution in [3.8, 4) is 11.5 Å². The summed E-state index contributed by atoms with van der Waals surface area (Å²) in [6, 6.07) is 33.3. The molecule has 39 heavy (non-hydrogen) atoms. The summed E-state index contributed by atoms with van der Waals surface area (Å²) in [5, 5.41) is 4.31. The number of fused-ring (bicyclic) bond motifs is 2. The Balaban J connectivity index is 1.16. The molecule has 2 aromatic heterocycles. The second-order valence-electron chi connectivity index (χ2n) is 9.83. The van der Waals surface area contributed by atoms with Gasteiger partial charge >= 0.3 is 0 Å². The lowest BCUT2D eigenvalue weighted by Gasteiger charge is -2.09. The lowest BCUT2D eigenvalue weighted by molar-refractivity contribution is 0.484. The highest BCUT2D eigenvalue weighted by Gasteiger charge is 2.04. The molecular formula is C36H28N2O. The van der Waals surface area contributed by atoms with Gasteiger partial charge in [0.25, 0.3) is 0 Å². The van der Waals surface area contributed by atoms with E-state index < -0.39 is 0 Å². The van der Waals surface area contributed by atoms with Gasteiger partial charge in [0, 0.05) is 23.2 Å². The van der Waals surface area contributed by atoms with Crippen LogP contribution in [0.1, 0.15) is 33.6 Å². The lowest BCUT2D eigenvalue weighted by atomic mass is 10.1.